The van der Waals surface area contributed by atoms with Crippen molar-refractivity contribution < 1.29 is 13.2 Å². The molecule has 98 valence electrons. The summed E-state index contributed by atoms with van der Waals surface area (Å²) in [4.78, 5) is 0. The zero-order chi connectivity index (χ0) is 12.5. The van der Waals surface area contributed by atoms with Gasteiger partial charge in [0.15, 0.2) is 0 Å². The van der Waals surface area contributed by atoms with Crippen molar-refractivity contribution in [2.24, 2.45) is 5.73 Å². The average molecular weight is 294 g/mol. The van der Waals surface area contributed by atoms with Crippen LogP contribution in [-0.2, 0) is 12.7 Å². The smallest absolute Gasteiger partial charge is 0.326 e. The lowest BCUT2D eigenvalue weighted by Crippen LogP contribution is -2.07. The summed E-state index contributed by atoms with van der Waals surface area (Å²) >= 11 is 1.45. The van der Waals surface area contributed by atoms with Crippen LogP contribution in [0, 0.1) is 0 Å². The molecule has 0 bridgehead atoms. The molecule has 0 spiro atoms. The molecule has 6 heteroatoms. The highest BCUT2D eigenvalue weighted by atomic mass is 35.5. The topological polar surface area (TPSA) is 26.0 Å². The zero-order valence-corrected chi connectivity index (χ0v) is 10.8. The minimum Gasteiger partial charge on any atom is -0.326 e. The van der Waals surface area contributed by atoms with Gasteiger partial charge in [0, 0.05) is 6.54 Å². The molecule has 1 aromatic heterocycles. The molecular weight excluding hydrogens is 283 g/mol. The molecule has 0 saturated carbocycles. The fraction of sp³-hybridized carbons (Fsp3) is 0.167. The van der Waals surface area contributed by atoms with Crippen molar-refractivity contribution in [3.05, 3.63) is 46.2 Å². The van der Waals surface area contributed by atoms with Gasteiger partial charge >= 0.3 is 6.18 Å². The Labute approximate surface area is 113 Å². The predicted molar refractivity (Wildman–Crippen MR) is 69.9 cm³/mol. The molecule has 0 radical (unpaired) electrons. The summed E-state index contributed by atoms with van der Waals surface area (Å²) in [5, 5.41) is 3.65. The van der Waals surface area contributed by atoms with E-state index in [1.54, 1.807) is 12.1 Å². The van der Waals surface area contributed by atoms with Gasteiger partial charge in [-0.25, -0.2) is 0 Å². The van der Waals surface area contributed by atoms with Crippen molar-refractivity contribution in [2.45, 2.75) is 12.7 Å². The van der Waals surface area contributed by atoms with Crippen LogP contribution < -0.4 is 5.73 Å². The van der Waals surface area contributed by atoms with E-state index >= 15 is 0 Å². The molecule has 1 nitrogen and oxygen atoms in total. The number of rotatable bonds is 2. The van der Waals surface area contributed by atoms with Crippen molar-refractivity contribution >= 4 is 23.7 Å². The number of hydrogen-bond acceptors (Lipinski definition) is 2. The standard InChI is InChI=1S/C12H10F3NS.ClH/c13-12(14,15)11-4-8(6-16)3-10(5-11)9-1-2-17-7-9;/h1-5,7H,6,16H2;1H. The summed E-state index contributed by atoms with van der Waals surface area (Å²) in [7, 11) is 0. The predicted octanol–water partition coefficient (Wildman–Crippen LogP) is 4.31. The van der Waals surface area contributed by atoms with Crippen LogP contribution in [0.15, 0.2) is 35.0 Å². The first-order chi connectivity index (χ1) is 8.00. The normalized spacial score (nSPS) is 11.1. The molecule has 0 unspecified atom stereocenters. The second-order valence-electron chi connectivity index (χ2n) is 3.63. The number of thiophene rings is 1. The first-order valence-electron chi connectivity index (χ1n) is 4.94. The molecule has 18 heavy (non-hydrogen) atoms. The molecule has 0 saturated heterocycles. The van der Waals surface area contributed by atoms with Crippen molar-refractivity contribution in [3.8, 4) is 11.1 Å². The van der Waals surface area contributed by atoms with Crippen LogP contribution >= 0.6 is 23.7 Å². The highest BCUT2D eigenvalue weighted by molar-refractivity contribution is 7.08. The summed E-state index contributed by atoms with van der Waals surface area (Å²) in [6, 6.07) is 5.73. The van der Waals surface area contributed by atoms with Crippen molar-refractivity contribution in [3.63, 3.8) is 0 Å². The molecule has 2 N–H and O–H groups in total. The van der Waals surface area contributed by atoms with Crippen LogP contribution in [0.25, 0.3) is 11.1 Å². The third kappa shape index (κ3) is 3.25. The Morgan fingerprint density at radius 2 is 1.83 bits per heavy atom. The Hall–Kier alpha value is -1.04. The van der Waals surface area contributed by atoms with E-state index in [1.165, 1.54) is 11.3 Å². The average Bonchev–Trinajstić information content (AvgIpc) is 2.80. The highest BCUT2D eigenvalue weighted by Gasteiger charge is 2.31. The molecule has 0 aliphatic rings. The van der Waals surface area contributed by atoms with Crippen molar-refractivity contribution in [2.75, 3.05) is 0 Å². The number of alkyl halides is 3. The number of hydrogen-bond donors (Lipinski definition) is 1. The molecule has 2 aromatic rings. The largest absolute Gasteiger partial charge is 0.416 e. The van der Waals surface area contributed by atoms with Gasteiger partial charge in [0.05, 0.1) is 5.56 Å². The van der Waals surface area contributed by atoms with Gasteiger partial charge in [-0.3, -0.25) is 0 Å². The van der Waals surface area contributed by atoms with E-state index in [-0.39, 0.29) is 19.0 Å². The Kier molecular flexibility index (Phi) is 4.78. The van der Waals surface area contributed by atoms with E-state index in [0.29, 0.717) is 11.1 Å². The van der Waals surface area contributed by atoms with Gasteiger partial charge < -0.3 is 5.73 Å². The van der Waals surface area contributed by atoms with Crippen LogP contribution in [0.4, 0.5) is 13.2 Å². The fourth-order valence-corrected chi connectivity index (χ4v) is 2.23. The lowest BCUT2D eigenvalue weighted by Gasteiger charge is -2.10. The zero-order valence-electron chi connectivity index (χ0n) is 9.20. The fourth-order valence-electron chi connectivity index (χ4n) is 1.57. The molecule has 0 atom stereocenters. The summed E-state index contributed by atoms with van der Waals surface area (Å²) in [6.45, 7) is 0.0983. The first-order valence-corrected chi connectivity index (χ1v) is 5.89. The van der Waals surface area contributed by atoms with Gasteiger partial charge in [-0.05, 0) is 51.7 Å². The second kappa shape index (κ2) is 5.73. The number of halogens is 4. The Bertz CT molecular complexity index is 509. The molecule has 2 rings (SSSR count). The molecule has 0 fully saturated rings. The lowest BCUT2D eigenvalue weighted by molar-refractivity contribution is -0.137. The molecule has 1 aromatic carbocycles. The summed E-state index contributed by atoms with van der Waals surface area (Å²) < 4.78 is 38.1. The third-order valence-corrected chi connectivity index (χ3v) is 3.09. The Morgan fingerprint density at radius 1 is 1.11 bits per heavy atom. The summed E-state index contributed by atoms with van der Waals surface area (Å²) in [5.74, 6) is 0. The minimum atomic E-state index is -4.34. The van der Waals surface area contributed by atoms with Gasteiger partial charge in [-0.1, -0.05) is 0 Å². The Balaban J connectivity index is 0.00000162. The van der Waals surface area contributed by atoms with E-state index in [4.69, 9.17) is 5.73 Å². The van der Waals surface area contributed by atoms with Crippen LogP contribution in [-0.4, -0.2) is 0 Å². The molecule has 0 aliphatic heterocycles. The molecule has 0 amide bonds. The lowest BCUT2D eigenvalue weighted by atomic mass is 10.0. The van der Waals surface area contributed by atoms with E-state index in [1.807, 2.05) is 10.8 Å². The van der Waals surface area contributed by atoms with E-state index in [2.05, 4.69) is 0 Å². The van der Waals surface area contributed by atoms with E-state index in [9.17, 15) is 13.2 Å². The van der Waals surface area contributed by atoms with Gasteiger partial charge in [-0.2, -0.15) is 24.5 Å². The van der Waals surface area contributed by atoms with Gasteiger partial charge in [0.2, 0.25) is 0 Å². The SMILES string of the molecule is Cl.NCc1cc(-c2ccsc2)cc(C(F)(F)F)c1. The molecule has 1 heterocycles. The third-order valence-electron chi connectivity index (χ3n) is 2.41. The molecular formula is C12H11ClF3NS. The van der Waals surface area contributed by atoms with Gasteiger partial charge in [-0.15, -0.1) is 12.4 Å². The van der Waals surface area contributed by atoms with Crippen LogP contribution in [0.2, 0.25) is 0 Å². The maximum absolute atomic E-state index is 12.7. The van der Waals surface area contributed by atoms with Gasteiger partial charge in [0.1, 0.15) is 0 Å². The van der Waals surface area contributed by atoms with Crippen molar-refractivity contribution in [1.82, 2.24) is 0 Å². The first kappa shape index (κ1) is 15.0. The van der Waals surface area contributed by atoms with E-state index < -0.39 is 11.7 Å². The monoisotopic (exact) mass is 293 g/mol. The minimum absolute atomic E-state index is 0. The van der Waals surface area contributed by atoms with Gasteiger partial charge in [0.25, 0.3) is 0 Å². The maximum Gasteiger partial charge on any atom is 0.416 e. The highest BCUT2D eigenvalue weighted by Crippen LogP contribution is 2.33. The second-order valence-corrected chi connectivity index (χ2v) is 4.41. The van der Waals surface area contributed by atoms with Crippen LogP contribution in [0.1, 0.15) is 11.1 Å². The quantitative estimate of drug-likeness (QED) is 0.877. The molecule has 0 aliphatic carbocycles. The van der Waals surface area contributed by atoms with Crippen LogP contribution in [0.3, 0.4) is 0 Å². The number of nitrogens with two attached hydrogens (primary N) is 1. The van der Waals surface area contributed by atoms with Crippen LogP contribution in [0.5, 0.6) is 0 Å². The summed E-state index contributed by atoms with van der Waals surface area (Å²) in [5.41, 5.74) is 6.60. The summed E-state index contributed by atoms with van der Waals surface area (Å²) in [6.07, 6.45) is -4.34. The number of benzene rings is 1. The van der Waals surface area contributed by atoms with E-state index in [0.717, 1.165) is 17.7 Å². The van der Waals surface area contributed by atoms with Crippen molar-refractivity contribution in [1.29, 1.82) is 0 Å². The Morgan fingerprint density at radius 3 is 2.33 bits per heavy atom. The maximum atomic E-state index is 12.7.